The van der Waals surface area contributed by atoms with Crippen LogP contribution in [0.15, 0.2) is 0 Å². The second kappa shape index (κ2) is 9.09. The predicted octanol–water partition coefficient (Wildman–Crippen LogP) is 2.26. The second-order valence-electron chi connectivity index (χ2n) is 7.04. The van der Waals surface area contributed by atoms with E-state index in [0.717, 1.165) is 32.4 Å². The van der Waals surface area contributed by atoms with Crippen LogP contribution in [0.2, 0.25) is 0 Å². The van der Waals surface area contributed by atoms with Crippen molar-refractivity contribution in [2.45, 2.75) is 71.1 Å². The van der Waals surface area contributed by atoms with Crippen molar-refractivity contribution in [3.8, 4) is 0 Å². The molecule has 0 aliphatic carbocycles. The van der Waals surface area contributed by atoms with Crippen molar-refractivity contribution in [1.29, 1.82) is 0 Å². The van der Waals surface area contributed by atoms with E-state index in [0.29, 0.717) is 18.1 Å². The van der Waals surface area contributed by atoms with Gasteiger partial charge in [-0.1, -0.05) is 27.7 Å². The molecule has 2 N–H and O–H groups in total. The van der Waals surface area contributed by atoms with Gasteiger partial charge in [-0.15, -0.1) is 0 Å². The van der Waals surface area contributed by atoms with Crippen molar-refractivity contribution in [2.75, 3.05) is 33.4 Å². The molecule has 1 aliphatic rings. The fourth-order valence-electron chi connectivity index (χ4n) is 3.45. The molecule has 126 valence electrons. The summed E-state index contributed by atoms with van der Waals surface area (Å²) in [5.74, 6) is 0.668. The van der Waals surface area contributed by atoms with Crippen LogP contribution in [-0.2, 0) is 4.74 Å². The highest BCUT2D eigenvalue weighted by molar-refractivity contribution is 4.88. The molecule has 1 rings (SSSR count). The molecule has 1 heterocycles. The van der Waals surface area contributed by atoms with Gasteiger partial charge in [-0.2, -0.15) is 0 Å². The molecular formula is C17H36N2O2. The molecule has 3 atom stereocenters. The van der Waals surface area contributed by atoms with Gasteiger partial charge in [-0.3, -0.25) is 0 Å². The molecule has 0 saturated carbocycles. The van der Waals surface area contributed by atoms with Gasteiger partial charge in [-0.25, -0.2) is 0 Å². The summed E-state index contributed by atoms with van der Waals surface area (Å²) in [6, 6.07) is 0.408. The van der Waals surface area contributed by atoms with Crippen molar-refractivity contribution in [2.24, 2.45) is 5.92 Å². The topological polar surface area (TPSA) is 44.7 Å². The van der Waals surface area contributed by atoms with Gasteiger partial charge in [0.2, 0.25) is 0 Å². The maximum absolute atomic E-state index is 9.78. The van der Waals surface area contributed by atoms with Crippen molar-refractivity contribution in [1.82, 2.24) is 10.2 Å². The number of likely N-dealkylation sites (tertiary alicyclic amines) is 1. The van der Waals surface area contributed by atoms with Crippen LogP contribution >= 0.6 is 0 Å². The van der Waals surface area contributed by atoms with Gasteiger partial charge in [0.15, 0.2) is 0 Å². The number of aliphatic hydroxyl groups excluding tert-OH is 1. The van der Waals surface area contributed by atoms with Crippen molar-refractivity contribution >= 4 is 0 Å². The Balaban J connectivity index is 2.40. The van der Waals surface area contributed by atoms with Crippen LogP contribution in [0.25, 0.3) is 0 Å². The maximum Gasteiger partial charge on any atom is 0.0724 e. The molecule has 4 nitrogen and oxygen atoms in total. The molecule has 21 heavy (non-hydrogen) atoms. The number of nitrogens with zero attached hydrogens (tertiary/aromatic N) is 1. The quantitative estimate of drug-likeness (QED) is 0.685. The lowest BCUT2D eigenvalue weighted by molar-refractivity contribution is -0.00621. The molecule has 0 spiro atoms. The lowest BCUT2D eigenvalue weighted by atomic mass is 9.89. The van der Waals surface area contributed by atoms with Crippen LogP contribution in [0.5, 0.6) is 0 Å². The summed E-state index contributed by atoms with van der Waals surface area (Å²) in [5.41, 5.74) is -0.113. The molecule has 0 radical (unpaired) electrons. The molecule has 4 heteroatoms. The summed E-state index contributed by atoms with van der Waals surface area (Å²) in [7, 11) is 1.82. The van der Waals surface area contributed by atoms with Crippen LogP contribution in [-0.4, -0.2) is 61.0 Å². The van der Waals surface area contributed by atoms with Gasteiger partial charge < -0.3 is 20.1 Å². The van der Waals surface area contributed by atoms with Crippen molar-refractivity contribution < 1.29 is 9.84 Å². The molecule has 0 amide bonds. The SMILES string of the molecule is CCC(CO)(CCCN1CCC(C)C(OC)C1)NC(C)C. The van der Waals surface area contributed by atoms with E-state index >= 15 is 0 Å². The Morgan fingerprint density at radius 2 is 2.14 bits per heavy atom. The summed E-state index contributed by atoms with van der Waals surface area (Å²) in [4.78, 5) is 2.52. The van der Waals surface area contributed by atoms with E-state index in [1.807, 2.05) is 7.11 Å². The first-order chi connectivity index (χ1) is 9.96. The van der Waals surface area contributed by atoms with E-state index in [4.69, 9.17) is 4.74 Å². The van der Waals surface area contributed by atoms with E-state index in [1.54, 1.807) is 0 Å². The van der Waals surface area contributed by atoms with Gasteiger partial charge in [-0.05, 0) is 44.7 Å². The summed E-state index contributed by atoms with van der Waals surface area (Å²) in [5, 5.41) is 13.3. The maximum atomic E-state index is 9.78. The first-order valence-electron chi connectivity index (χ1n) is 8.60. The first-order valence-corrected chi connectivity index (χ1v) is 8.60. The summed E-state index contributed by atoms with van der Waals surface area (Å²) < 4.78 is 5.58. The highest BCUT2D eigenvalue weighted by Crippen LogP contribution is 2.22. The number of nitrogens with one attached hydrogen (secondary N) is 1. The smallest absolute Gasteiger partial charge is 0.0724 e. The molecule has 1 aliphatic heterocycles. The molecule has 1 saturated heterocycles. The van der Waals surface area contributed by atoms with Gasteiger partial charge in [0.05, 0.1) is 12.7 Å². The molecule has 0 aromatic heterocycles. The summed E-state index contributed by atoms with van der Waals surface area (Å²) >= 11 is 0. The third kappa shape index (κ3) is 5.85. The minimum atomic E-state index is -0.113. The first kappa shape index (κ1) is 18.9. The van der Waals surface area contributed by atoms with Crippen LogP contribution < -0.4 is 5.32 Å². The minimum absolute atomic E-state index is 0.113. The average Bonchev–Trinajstić information content (AvgIpc) is 2.47. The number of piperidine rings is 1. The second-order valence-corrected chi connectivity index (χ2v) is 7.04. The fourth-order valence-corrected chi connectivity index (χ4v) is 3.45. The number of rotatable bonds is 9. The number of aliphatic hydroxyl groups is 1. The molecule has 0 aromatic carbocycles. The van der Waals surface area contributed by atoms with E-state index in [9.17, 15) is 5.11 Å². The Bertz CT molecular complexity index is 280. The van der Waals surface area contributed by atoms with Gasteiger partial charge in [0.25, 0.3) is 0 Å². The Hall–Kier alpha value is -0.160. The third-order valence-electron chi connectivity index (χ3n) is 4.98. The lowest BCUT2D eigenvalue weighted by Crippen LogP contribution is -2.51. The molecule has 0 aromatic rings. The summed E-state index contributed by atoms with van der Waals surface area (Å²) in [6.07, 6.45) is 4.73. The van der Waals surface area contributed by atoms with Crippen LogP contribution in [0, 0.1) is 5.92 Å². The number of ether oxygens (including phenoxy) is 1. The van der Waals surface area contributed by atoms with Crippen LogP contribution in [0.4, 0.5) is 0 Å². The zero-order valence-electron chi connectivity index (χ0n) is 14.7. The van der Waals surface area contributed by atoms with E-state index in [-0.39, 0.29) is 12.1 Å². The number of hydrogen-bond donors (Lipinski definition) is 2. The molecule has 0 bridgehead atoms. The highest BCUT2D eigenvalue weighted by atomic mass is 16.5. The monoisotopic (exact) mass is 300 g/mol. The van der Waals surface area contributed by atoms with Crippen LogP contribution in [0.3, 0.4) is 0 Å². The summed E-state index contributed by atoms with van der Waals surface area (Å²) in [6.45, 7) is 12.3. The standard InChI is InChI=1S/C17H36N2O2/c1-6-17(13-20,18-14(2)3)9-7-10-19-11-8-15(4)16(12-19)21-5/h14-16,18,20H,6-13H2,1-5H3. The number of methoxy groups -OCH3 is 1. The van der Waals surface area contributed by atoms with Gasteiger partial charge in [0.1, 0.15) is 0 Å². The Morgan fingerprint density at radius 3 is 2.67 bits per heavy atom. The normalized spacial score (nSPS) is 27.0. The predicted molar refractivity (Wildman–Crippen MR) is 88.6 cm³/mol. The lowest BCUT2D eigenvalue weighted by Gasteiger charge is -2.38. The van der Waals surface area contributed by atoms with Crippen LogP contribution in [0.1, 0.15) is 53.4 Å². The van der Waals surface area contributed by atoms with Gasteiger partial charge >= 0.3 is 0 Å². The van der Waals surface area contributed by atoms with Gasteiger partial charge in [0, 0.05) is 25.2 Å². The average molecular weight is 300 g/mol. The van der Waals surface area contributed by atoms with E-state index in [2.05, 4.69) is 37.9 Å². The third-order valence-corrected chi connectivity index (χ3v) is 4.98. The minimum Gasteiger partial charge on any atom is -0.394 e. The Kier molecular flexibility index (Phi) is 8.17. The molecule has 1 fully saturated rings. The number of hydrogen-bond acceptors (Lipinski definition) is 4. The fraction of sp³-hybridized carbons (Fsp3) is 1.00. The Labute approximate surface area is 131 Å². The Morgan fingerprint density at radius 1 is 1.43 bits per heavy atom. The van der Waals surface area contributed by atoms with E-state index < -0.39 is 0 Å². The van der Waals surface area contributed by atoms with Crippen molar-refractivity contribution in [3.63, 3.8) is 0 Å². The zero-order valence-corrected chi connectivity index (χ0v) is 14.7. The zero-order chi connectivity index (χ0) is 15.9. The largest absolute Gasteiger partial charge is 0.394 e. The van der Waals surface area contributed by atoms with Crippen molar-refractivity contribution in [3.05, 3.63) is 0 Å². The van der Waals surface area contributed by atoms with E-state index in [1.165, 1.54) is 13.0 Å². The molecule has 3 unspecified atom stereocenters. The molecular weight excluding hydrogens is 264 g/mol. The highest BCUT2D eigenvalue weighted by Gasteiger charge is 2.29.